The summed E-state index contributed by atoms with van der Waals surface area (Å²) in [5, 5.41) is 0. The van der Waals surface area contributed by atoms with E-state index < -0.39 is 0 Å². The average Bonchev–Trinajstić information content (AvgIpc) is 2.18. The number of hydrogen-bond donors (Lipinski definition) is 1. The van der Waals surface area contributed by atoms with Crippen LogP contribution in [-0.4, -0.2) is 43.3 Å². The summed E-state index contributed by atoms with van der Waals surface area (Å²) < 4.78 is 5.32. The normalized spacial score (nSPS) is 21.1. The van der Waals surface area contributed by atoms with Gasteiger partial charge in [0.15, 0.2) is 0 Å². The molecule has 1 saturated heterocycles. The fourth-order valence-corrected chi connectivity index (χ4v) is 1.87. The van der Waals surface area contributed by atoms with Crippen LogP contribution in [0.15, 0.2) is 12.7 Å². The lowest BCUT2D eigenvalue weighted by Crippen LogP contribution is -2.53. The van der Waals surface area contributed by atoms with Gasteiger partial charge in [0.05, 0.1) is 0 Å². The zero-order valence-corrected chi connectivity index (χ0v) is 9.17. The van der Waals surface area contributed by atoms with Crippen LogP contribution in [0.25, 0.3) is 0 Å². The van der Waals surface area contributed by atoms with Crippen molar-refractivity contribution in [3.05, 3.63) is 12.7 Å². The van der Waals surface area contributed by atoms with Crippen molar-refractivity contribution in [1.29, 1.82) is 0 Å². The van der Waals surface area contributed by atoms with E-state index in [1.165, 1.54) is 0 Å². The van der Waals surface area contributed by atoms with Crippen molar-refractivity contribution in [3.63, 3.8) is 0 Å². The van der Waals surface area contributed by atoms with E-state index in [1.54, 1.807) is 0 Å². The van der Waals surface area contributed by atoms with Gasteiger partial charge in [-0.1, -0.05) is 13.0 Å². The topological polar surface area (TPSA) is 38.5 Å². The van der Waals surface area contributed by atoms with E-state index >= 15 is 0 Å². The molecule has 2 N–H and O–H groups in total. The van der Waals surface area contributed by atoms with Gasteiger partial charge in [-0.15, -0.1) is 6.58 Å². The Bertz CT molecular complexity index is 176. The van der Waals surface area contributed by atoms with Crippen LogP contribution in [0.3, 0.4) is 0 Å². The minimum atomic E-state index is -0.0444. The maximum atomic E-state index is 6.31. The molecule has 1 aliphatic heterocycles. The highest BCUT2D eigenvalue weighted by Crippen LogP contribution is 2.18. The first-order valence-corrected chi connectivity index (χ1v) is 5.40. The van der Waals surface area contributed by atoms with Crippen molar-refractivity contribution in [3.8, 4) is 0 Å². The Kier molecular flexibility index (Phi) is 4.58. The molecule has 0 aliphatic carbocycles. The fraction of sp³-hybridized carbons (Fsp3) is 0.818. The third-order valence-corrected chi connectivity index (χ3v) is 2.86. The van der Waals surface area contributed by atoms with Crippen LogP contribution >= 0.6 is 0 Å². The molecule has 0 saturated carbocycles. The van der Waals surface area contributed by atoms with Gasteiger partial charge in [0, 0.05) is 31.8 Å². The summed E-state index contributed by atoms with van der Waals surface area (Å²) in [6, 6.07) is 0. The van der Waals surface area contributed by atoms with E-state index in [2.05, 4.69) is 18.4 Å². The van der Waals surface area contributed by atoms with Gasteiger partial charge in [-0.05, 0) is 19.4 Å². The van der Waals surface area contributed by atoms with Crippen LogP contribution < -0.4 is 5.73 Å². The molecular weight excluding hydrogens is 176 g/mol. The molecule has 1 heterocycles. The lowest BCUT2D eigenvalue weighted by atomic mass is 9.91. The summed E-state index contributed by atoms with van der Waals surface area (Å²) in [7, 11) is 0. The Morgan fingerprint density at radius 1 is 1.50 bits per heavy atom. The molecule has 0 aromatic carbocycles. The van der Waals surface area contributed by atoms with Gasteiger partial charge in [0.25, 0.3) is 0 Å². The highest BCUT2D eigenvalue weighted by atomic mass is 16.5. The van der Waals surface area contributed by atoms with Gasteiger partial charge in [0.2, 0.25) is 0 Å². The minimum Gasteiger partial charge on any atom is -0.381 e. The van der Waals surface area contributed by atoms with E-state index in [9.17, 15) is 0 Å². The van der Waals surface area contributed by atoms with Crippen molar-refractivity contribution < 1.29 is 4.74 Å². The maximum Gasteiger partial charge on any atom is 0.0484 e. The number of nitrogens with zero attached hydrogens (tertiary/aromatic N) is 1. The molecule has 82 valence electrons. The average molecular weight is 198 g/mol. The number of rotatable bonds is 5. The van der Waals surface area contributed by atoms with Crippen LogP contribution in [-0.2, 0) is 4.74 Å². The third-order valence-electron chi connectivity index (χ3n) is 2.86. The van der Waals surface area contributed by atoms with Gasteiger partial charge < -0.3 is 10.5 Å². The SMILES string of the molecule is C=CCN(CC)CC1(N)CCOCC1. The van der Waals surface area contributed by atoms with Crippen LogP contribution in [0.5, 0.6) is 0 Å². The van der Waals surface area contributed by atoms with Gasteiger partial charge >= 0.3 is 0 Å². The molecule has 3 nitrogen and oxygen atoms in total. The Morgan fingerprint density at radius 2 is 2.14 bits per heavy atom. The standard InChI is InChI=1S/C11H22N2O/c1-3-7-13(4-2)10-11(12)5-8-14-9-6-11/h3H,1,4-10,12H2,2H3. The molecular formula is C11H22N2O. The predicted molar refractivity (Wildman–Crippen MR) is 59.3 cm³/mol. The molecule has 0 aromatic heterocycles. The molecule has 1 rings (SSSR count). The van der Waals surface area contributed by atoms with Gasteiger partial charge in [-0.25, -0.2) is 0 Å². The molecule has 0 radical (unpaired) electrons. The van der Waals surface area contributed by atoms with Gasteiger partial charge in [0.1, 0.15) is 0 Å². The third kappa shape index (κ3) is 3.40. The molecule has 1 aliphatic rings. The highest BCUT2D eigenvalue weighted by molar-refractivity contribution is 4.90. The monoisotopic (exact) mass is 198 g/mol. The van der Waals surface area contributed by atoms with Crippen molar-refractivity contribution in [1.82, 2.24) is 4.90 Å². The molecule has 14 heavy (non-hydrogen) atoms. The van der Waals surface area contributed by atoms with Gasteiger partial charge in [-0.3, -0.25) is 4.90 Å². The van der Waals surface area contributed by atoms with E-state index in [0.29, 0.717) is 0 Å². The summed E-state index contributed by atoms with van der Waals surface area (Å²) in [4.78, 5) is 2.33. The predicted octanol–water partition coefficient (Wildman–Crippen LogP) is 1.00. The second-order valence-electron chi connectivity index (χ2n) is 4.09. The van der Waals surface area contributed by atoms with E-state index in [1.807, 2.05) is 6.08 Å². The van der Waals surface area contributed by atoms with Gasteiger partial charge in [-0.2, -0.15) is 0 Å². The second kappa shape index (κ2) is 5.49. The summed E-state index contributed by atoms with van der Waals surface area (Å²) >= 11 is 0. The number of ether oxygens (including phenoxy) is 1. The van der Waals surface area contributed by atoms with E-state index in [4.69, 9.17) is 10.5 Å². The Hall–Kier alpha value is -0.380. The first-order valence-electron chi connectivity index (χ1n) is 5.40. The van der Waals surface area contributed by atoms with Crippen molar-refractivity contribution in [2.45, 2.75) is 25.3 Å². The Labute approximate surface area is 86.9 Å². The second-order valence-corrected chi connectivity index (χ2v) is 4.09. The van der Waals surface area contributed by atoms with Crippen molar-refractivity contribution in [2.24, 2.45) is 5.73 Å². The maximum absolute atomic E-state index is 6.31. The van der Waals surface area contributed by atoms with Crippen LogP contribution in [0.4, 0.5) is 0 Å². The number of nitrogens with two attached hydrogens (primary N) is 1. The highest BCUT2D eigenvalue weighted by Gasteiger charge is 2.29. The fourth-order valence-electron chi connectivity index (χ4n) is 1.87. The summed E-state index contributed by atoms with van der Waals surface area (Å²) in [6.45, 7) is 10.4. The zero-order chi connectivity index (χ0) is 10.4. The molecule has 0 amide bonds. The lowest BCUT2D eigenvalue weighted by molar-refractivity contribution is 0.0399. The van der Waals surface area contributed by atoms with E-state index in [0.717, 1.165) is 45.7 Å². The summed E-state index contributed by atoms with van der Waals surface area (Å²) in [5.41, 5.74) is 6.27. The first-order chi connectivity index (χ1) is 6.70. The first kappa shape index (κ1) is 11.7. The number of hydrogen-bond acceptors (Lipinski definition) is 3. The summed E-state index contributed by atoms with van der Waals surface area (Å²) in [6.07, 6.45) is 3.88. The lowest BCUT2D eigenvalue weighted by Gasteiger charge is -2.37. The molecule has 0 bridgehead atoms. The Balaban J connectivity index is 2.41. The minimum absolute atomic E-state index is 0.0444. The van der Waals surface area contributed by atoms with Crippen molar-refractivity contribution >= 4 is 0 Å². The summed E-state index contributed by atoms with van der Waals surface area (Å²) in [5.74, 6) is 0. The Morgan fingerprint density at radius 3 is 2.64 bits per heavy atom. The van der Waals surface area contributed by atoms with E-state index in [-0.39, 0.29) is 5.54 Å². The molecule has 0 atom stereocenters. The molecule has 1 fully saturated rings. The smallest absolute Gasteiger partial charge is 0.0484 e. The molecule has 0 spiro atoms. The quantitative estimate of drug-likeness (QED) is 0.670. The molecule has 0 aromatic rings. The zero-order valence-electron chi connectivity index (χ0n) is 9.17. The van der Waals surface area contributed by atoms with Crippen LogP contribution in [0.2, 0.25) is 0 Å². The van der Waals surface area contributed by atoms with Crippen LogP contribution in [0.1, 0.15) is 19.8 Å². The number of likely N-dealkylation sites (N-methyl/N-ethyl adjacent to an activating group) is 1. The van der Waals surface area contributed by atoms with Crippen LogP contribution in [0, 0.1) is 0 Å². The largest absolute Gasteiger partial charge is 0.381 e. The molecule has 0 unspecified atom stereocenters. The molecule has 3 heteroatoms. The van der Waals surface area contributed by atoms with Crippen molar-refractivity contribution in [2.75, 3.05) is 32.8 Å².